The number of thiophene rings is 1. The third kappa shape index (κ3) is 3.33. The summed E-state index contributed by atoms with van der Waals surface area (Å²) < 4.78 is 2.19. The molecule has 0 aliphatic carbocycles. The average Bonchev–Trinajstić information content (AvgIpc) is 2.90. The summed E-state index contributed by atoms with van der Waals surface area (Å²) in [6, 6.07) is 2.16. The van der Waals surface area contributed by atoms with Crippen molar-refractivity contribution in [2.75, 3.05) is 11.9 Å². The molecule has 0 bridgehead atoms. The van der Waals surface area contributed by atoms with E-state index in [0.29, 0.717) is 0 Å². The summed E-state index contributed by atoms with van der Waals surface area (Å²) in [5.41, 5.74) is 2.41. The van der Waals surface area contributed by atoms with Gasteiger partial charge < -0.3 is 9.88 Å². The Morgan fingerprint density at radius 3 is 3.06 bits per heavy atom. The van der Waals surface area contributed by atoms with E-state index in [1.54, 1.807) is 11.3 Å². The van der Waals surface area contributed by atoms with Crippen molar-refractivity contribution in [1.29, 1.82) is 0 Å². The van der Waals surface area contributed by atoms with Crippen molar-refractivity contribution in [3.05, 3.63) is 34.3 Å². The molecule has 0 aromatic carbocycles. The first-order valence-electron chi connectivity index (χ1n) is 6.08. The predicted molar refractivity (Wildman–Crippen MR) is 73.8 cm³/mol. The van der Waals surface area contributed by atoms with Crippen LogP contribution in [0.1, 0.15) is 31.0 Å². The third-order valence-electron chi connectivity index (χ3n) is 2.64. The standard InChI is InChI=1S/C13H19N3S/c1-3-4-6-14-13-15-11(2)8-16(13)9-12-5-7-17-10-12/h5,7-8,10H,3-4,6,9H2,1-2H3,(H,14,15). The van der Waals surface area contributed by atoms with Crippen LogP contribution < -0.4 is 5.32 Å². The lowest BCUT2D eigenvalue weighted by atomic mass is 10.3. The molecule has 3 nitrogen and oxygen atoms in total. The van der Waals surface area contributed by atoms with Crippen LogP contribution in [0.5, 0.6) is 0 Å². The zero-order valence-electron chi connectivity index (χ0n) is 10.4. The van der Waals surface area contributed by atoms with Crippen molar-refractivity contribution in [1.82, 2.24) is 9.55 Å². The lowest BCUT2D eigenvalue weighted by Crippen LogP contribution is -2.08. The molecule has 17 heavy (non-hydrogen) atoms. The Morgan fingerprint density at radius 2 is 2.35 bits per heavy atom. The van der Waals surface area contributed by atoms with Crippen molar-refractivity contribution in [3.8, 4) is 0 Å². The van der Waals surface area contributed by atoms with Crippen LogP contribution in [0, 0.1) is 6.92 Å². The maximum absolute atomic E-state index is 4.52. The number of aryl methyl sites for hydroxylation is 1. The molecule has 0 saturated heterocycles. The first-order valence-corrected chi connectivity index (χ1v) is 7.02. The zero-order valence-corrected chi connectivity index (χ0v) is 11.3. The third-order valence-corrected chi connectivity index (χ3v) is 3.38. The summed E-state index contributed by atoms with van der Waals surface area (Å²) in [7, 11) is 0. The van der Waals surface area contributed by atoms with E-state index in [4.69, 9.17) is 0 Å². The highest BCUT2D eigenvalue weighted by molar-refractivity contribution is 7.07. The SMILES string of the molecule is CCCCNc1nc(C)cn1Cc1ccsc1. The molecule has 0 radical (unpaired) electrons. The maximum atomic E-state index is 4.52. The summed E-state index contributed by atoms with van der Waals surface area (Å²) in [5.74, 6) is 0.988. The van der Waals surface area contributed by atoms with Crippen LogP contribution in [0.15, 0.2) is 23.0 Å². The van der Waals surface area contributed by atoms with E-state index in [2.05, 4.69) is 44.8 Å². The van der Waals surface area contributed by atoms with E-state index in [0.717, 1.165) is 24.7 Å². The van der Waals surface area contributed by atoms with E-state index < -0.39 is 0 Å². The van der Waals surface area contributed by atoms with Crippen LogP contribution in [0.2, 0.25) is 0 Å². The molecule has 2 rings (SSSR count). The van der Waals surface area contributed by atoms with E-state index in [1.165, 1.54) is 18.4 Å². The van der Waals surface area contributed by atoms with Crippen molar-refractivity contribution in [2.24, 2.45) is 0 Å². The van der Waals surface area contributed by atoms with Gasteiger partial charge in [-0.3, -0.25) is 0 Å². The summed E-state index contributed by atoms with van der Waals surface area (Å²) in [6.45, 7) is 6.13. The highest BCUT2D eigenvalue weighted by Gasteiger charge is 2.05. The normalized spacial score (nSPS) is 10.7. The minimum Gasteiger partial charge on any atom is -0.356 e. The van der Waals surface area contributed by atoms with E-state index in [-0.39, 0.29) is 0 Å². The van der Waals surface area contributed by atoms with Gasteiger partial charge in [-0.25, -0.2) is 4.98 Å². The molecule has 0 spiro atoms. The fraction of sp³-hybridized carbons (Fsp3) is 0.462. The van der Waals surface area contributed by atoms with Crippen molar-refractivity contribution in [2.45, 2.75) is 33.2 Å². The van der Waals surface area contributed by atoms with Gasteiger partial charge in [-0.2, -0.15) is 11.3 Å². The fourth-order valence-electron chi connectivity index (χ4n) is 1.76. The second-order valence-corrected chi connectivity index (χ2v) is 5.03. The number of nitrogens with one attached hydrogen (secondary N) is 1. The van der Waals surface area contributed by atoms with Gasteiger partial charge in [0, 0.05) is 12.7 Å². The molecule has 2 heterocycles. The monoisotopic (exact) mass is 249 g/mol. The van der Waals surface area contributed by atoms with Gasteiger partial charge in [0.25, 0.3) is 0 Å². The first-order chi connectivity index (χ1) is 8.29. The summed E-state index contributed by atoms with van der Waals surface area (Å²) >= 11 is 1.74. The minimum atomic E-state index is 0.902. The Hall–Kier alpha value is -1.29. The summed E-state index contributed by atoms with van der Waals surface area (Å²) in [5, 5.41) is 7.70. The quantitative estimate of drug-likeness (QED) is 0.794. The lowest BCUT2D eigenvalue weighted by Gasteiger charge is -2.08. The van der Waals surface area contributed by atoms with Crippen molar-refractivity contribution < 1.29 is 0 Å². The van der Waals surface area contributed by atoms with Crippen LogP contribution in [-0.2, 0) is 6.54 Å². The number of nitrogens with zero attached hydrogens (tertiary/aromatic N) is 2. The second kappa shape index (κ2) is 5.87. The van der Waals surface area contributed by atoms with Gasteiger partial charge in [0.2, 0.25) is 5.95 Å². The topological polar surface area (TPSA) is 29.9 Å². The Kier molecular flexibility index (Phi) is 4.20. The Morgan fingerprint density at radius 1 is 1.47 bits per heavy atom. The van der Waals surface area contributed by atoms with Crippen LogP contribution >= 0.6 is 11.3 Å². The largest absolute Gasteiger partial charge is 0.356 e. The van der Waals surface area contributed by atoms with Gasteiger partial charge in [-0.15, -0.1) is 0 Å². The molecule has 0 unspecified atom stereocenters. The van der Waals surface area contributed by atoms with Gasteiger partial charge in [0.1, 0.15) is 0 Å². The molecule has 0 aliphatic rings. The molecule has 2 aromatic rings. The Labute approximate surface area is 107 Å². The van der Waals surface area contributed by atoms with Gasteiger partial charge >= 0.3 is 0 Å². The summed E-state index contributed by atoms with van der Waals surface area (Å²) in [6.07, 6.45) is 4.49. The van der Waals surface area contributed by atoms with E-state index >= 15 is 0 Å². The molecule has 4 heteroatoms. The van der Waals surface area contributed by atoms with Gasteiger partial charge in [0.05, 0.1) is 12.2 Å². The molecule has 0 atom stereocenters. The number of anilines is 1. The van der Waals surface area contributed by atoms with Crippen LogP contribution in [-0.4, -0.2) is 16.1 Å². The Balaban J connectivity index is 2.05. The average molecular weight is 249 g/mol. The molecular formula is C13H19N3S. The Bertz CT molecular complexity index is 445. The molecule has 2 aromatic heterocycles. The molecule has 0 aliphatic heterocycles. The summed E-state index contributed by atoms with van der Waals surface area (Å²) in [4.78, 5) is 4.52. The number of rotatable bonds is 6. The number of imidazole rings is 1. The molecular weight excluding hydrogens is 230 g/mol. The van der Waals surface area contributed by atoms with E-state index in [1.807, 2.05) is 6.92 Å². The molecule has 0 saturated carbocycles. The second-order valence-electron chi connectivity index (χ2n) is 4.25. The molecule has 1 N–H and O–H groups in total. The van der Waals surface area contributed by atoms with Gasteiger partial charge in [-0.05, 0) is 35.7 Å². The lowest BCUT2D eigenvalue weighted by molar-refractivity contribution is 0.777. The van der Waals surface area contributed by atoms with Crippen molar-refractivity contribution >= 4 is 17.3 Å². The highest BCUT2D eigenvalue weighted by Crippen LogP contribution is 2.14. The fourth-order valence-corrected chi connectivity index (χ4v) is 2.42. The van der Waals surface area contributed by atoms with Gasteiger partial charge in [0.15, 0.2) is 0 Å². The smallest absolute Gasteiger partial charge is 0.203 e. The maximum Gasteiger partial charge on any atom is 0.203 e. The zero-order chi connectivity index (χ0) is 12.1. The van der Waals surface area contributed by atoms with Gasteiger partial charge in [-0.1, -0.05) is 13.3 Å². The molecule has 92 valence electrons. The van der Waals surface area contributed by atoms with Crippen molar-refractivity contribution in [3.63, 3.8) is 0 Å². The predicted octanol–water partition coefficient (Wildman–Crippen LogP) is 3.51. The van der Waals surface area contributed by atoms with Crippen LogP contribution in [0.4, 0.5) is 5.95 Å². The number of unbranched alkanes of at least 4 members (excludes halogenated alkanes) is 1. The minimum absolute atomic E-state index is 0.902. The highest BCUT2D eigenvalue weighted by atomic mass is 32.1. The first kappa shape index (κ1) is 12.2. The number of aromatic nitrogens is 2. The van der Waals surface area contributed by atoms with Crippen LogP contribution in [0.3, 0.4) is 0 Å². The molecule has 0 fully saturated rings. The number of hydrogen-bond donors (Lipinski definition) is 1. The molecule has 0 amide bonds. The van der Waals surface area contributed by atoms with Crippen LogP contribution in [0.25, 0.3) is 0 Å². The number of hydrogen-bond acceptors (Lipinski definition) is 3. The van der Waals surface area contributed by atoms with E-state index in [9.17, 15) is 0 Å².